The van der Waals surface area contributed by atoms with Gasteiger partial charge in [-0.1, -0.05) is 6.07 Å². The van der Waals surface area contributed by atoms with Crippen LogP contribution in [-0.2, 0) is 0 Å². The van der Waals surface area contributed by atoms with Gasteiger partial charge in [0.1, 0.15) is 11.6 Å². The SMILES string of the molecule is NCC(c1c(F)cccc1F)N1CCCSCC1. The van der Waals surface area contributed by atoms with Crippen LogP contribution in [0.4, 0.5) is 8.78 Å². The lowest BCUT2D eigenvalue weighted by atomic mass is 10.0. The van der Waals surface area contributed by atoms with Crippen LogP contribution in [0.5, 0.6) is 0 Å². The summed E-state index contributed by atoms with van der Waals surface area (Å²) in [7, 11) is 0. The lowest BCUT2D eigenvalue weighted by molar-refractivity contribution is 0.209. The highest BCUT2D eigenvalue weighted by Crippen LogP contribution is 2.27. The van der Waals surface area contributed by atoms with Crippen molar-refractivity contribution < 1.29 is 8.78 Å². The first-order valence-electron chi connectivity index (χ1n) is 6.20. The minimum Gasteiger partial charge on any atom is -0.329 e. The molecule has 18 heavy (non-hydrogen) atoms. The molecule has 2 rings (SSSR count). The molecule has 1 aromatic carbocycles. The van der Waals surface area contributed by atoms with E-state index in [4.69, 9.17) is 5.73 Å². The number of nitrogens with zero attached hydrogens (tertiary/aromatic N) is 1. The minimum absolute atomic E-state index is 0.118. The molecule has 2 nitrogen and oxygen atoms in total. The normalized spacial score (nSPS) is 19.5. The molecule has 1 saturated heterocycles. The molecule has 0 spiro atoms. The van der Waals surface area contributed by atoms with Gasteiger partial charge in [-0.05, 0) is 30.9 Å². The Hall–Kier alpha value is -0.650. The maximum absolute atomic E-state index is 13.8. The second-order valence-electron chi connectivity index (χ2n) is 4.39. The van der Waals surface area contributed by atoms with E-state index in [9.17, 15) is 8.78 Å². The van der Waals surface area contributed by atoms with Crippen LogP contribution >= 0.6 is 11.8 Å². The number of rotatable bonds is 3. The van der Waals surface area contributed by atoms with Crippen molar-refractivity contribution in [3.63, 3.8) is 0 Å². The van der Waals surface area contributed by atoms with E-state index in [1.54, 1.807) is 0 Å². The topological polar surface area (TPSA) is 29.3 Å². The van der Waals surface area contributed by atoms with E-state index >= 15 is 0 Å². The minimum atomic E-state index is -0.498. The van der Waals surface area contributed by atoms with Gasteiger partial charge in [-0.3, -0.25) is 4.90 Å². The van der Waals surface area contributed by atoms with Gasteiger partial charge < -0.3 is 5.73 Å². The molecule has 1 aliphatic rings. The van der Waals surface area contributed by atoms with E-state index in [-0.39, 0.29) is 18.2 Å². The van der Waals surface area contributed by atoms with Gasteiger partial charge in [-0.25, -0.2) is 8.78 Å². The zero-order valence-corrected chi connectivity index (χ0v) is 11.1. The summed E-state index contributed by atoms with van der Waals surface area (Å²) in [6.07, 6.45) is 1.04. The van der Waals surface area contributed by atoms with Gasteiger partial charge in [0.15, 0.2) is 0 Å². The van der Waals surface area contributed by atoms with Crippen LogP contribution in [0.15, 0.2) is 18.2 Å². The van der Waals surface area contributed by atoms with Gasteiger partial charge in [0.2, 0.25) is 0 Å². The molecular formula is C13H18F2N2S. The lowest BCUT2D eigenvalue weighted by Crippen LogP contribution is -2.36. The summed E-state index contributed by atoms with van der Waals surface area (Å²) < 4.78 is 27.6. The number of halogens is 2. The Morgan fingerprint density at radius 1 is 1.22 bits per heavy atom. The van der Waals surface area contributed by atoms with Crippen LogP contribution in [0, 0.1) is 11.6 Å². The fourth-order valence-corrected chi connectivity index (χ4v) is 3.26. The third-order valence-corrected chi connectivity index (χ3v) is 4.30. The van der Waals surface area contributed by atoms with E-state index in [0.29, 0.717) is 0 Å². The van der Waals surface area contributed by atoms with Gasteiger partial charge in [0.25, 0.3) is 0 Å². The Balaban J connectivity index is 2.26. The van der Waals surface area contributed by atoms with Crippen LogP contribution in [0.1, 0.15) is 18.0 Å². The number of hydrogen-bond acceptors (Lipinski definition) is 3. The lowest BCUT2D eigenvalue weighted by Gasteiger charge is -2.30. The number of thioether (sulfide) groups is 1. The number of hydrogen-bond donors (Lipinski definition) is 1. The highest BCUT2D eigenvalue weighted by atomic mass is 32.2. The summed E-state index contributed by atoms with van der Waals surface area (Å²) in [5.74, 6) is 1.10. The van der Waals surface area contributed by atoms with Crippen molar-refractivity contribution in [2.75, 3.05) is 31.1 Å². The summed E-state index contributed by atoms with van der Waals surface area (Å²) in [4.78, 5) is 2.10. The van der Waals surface area contributed by atoms with Gasteiger partial charge in [-0.15, -0.1) is 0 Å². The average molecular weight is 272 g/mol. The maximum Gasteiger partial charge on any atom is 0.130 e. The standard InChI is InChI=1S/C13H18F2N2S/c14-10-3-1-4-11(15)13(10)12(9-16)17-5-2-7-18-8-6-17/h1,3-4,12H,2,5-9,16H2. The predicted molar refractivity (Wildman–Crippen MR) is 71.7 cm³/mol. The molecule has 1 heterocycles. The molecule has 2 N–H and O–H groups in total. The van der Waals surface area contributed by atoms with Gasteiger partial charge >= 0.3 is 0 Å². The fraction of sp³-hybridized carbons (Fsp3) is 0.538. The van der Waals surface area contributed by atoms with Crippen LogP contribution in [0.2, 0.25) is 0 Å². The van der Waals surface area contributed by atoms with Crippen molar-refractivity contribution >= 4 is 11.8 Å². The molecular weight excluding hydrogens is 254 g/mol. The van der Waals surface area contributed by atoms with Crippen LogP contribution in [0.25, 0.3) is 0 Å². The highest BCUT2D eigenvalue weighted by Gasteiger charge is 2.25. The summed E-state index contributed by atoms with van der Waals surface area (Å²) in [6, 6.07) is 3.63. The molecule has 1 aromatic rings. The molecule has 0 aromatic heterocycles. The Bertz CT molecular complexity index is 372. The maximum atomic E-state index is 13.8. The smallest absolute Gasteiger partial charge is 0.130 e. The van der Waals surface area contributed by atoms with Crippen molar-refractivity contribution in [2.24, 2.45) is 5.73 Å². The van der Waals surface area contributed by atoms with E-state index in [0.717, 1.165) is 31.0 Å². The Morgan fingerprint density at radius 3 is 2.61 bits per heavy atom. The number of nitrogens with two attached hydrogens (primary N) is 1. The van der Waals surface area contributed by atoms with Gasteiger partial charge in [0, 0.05) is 24.4 Å². The second kappa shape index (κ2) is 6.50. The van der Waals surface area contributed by atoms with E-state index in [1.165, 1.54) is 18.2 Å². The molecule has 1 unspecified atom stereocenters. The first-order chi connectivity index (χ1) is 8.74. The molecule has 0 radical (unpaired) electrons. The molecule has 5 heteroatoms. The molecule has 1 fully saturated rings. The zero-order chi connectivity index (χ0) is 13.0. The third-order valence-electron chi connectivity index (χ3n) is 3.25. The molecule has 0 amide bonds. The molecule has 0 saturated carbocycles. The Kier molecular flexibility index (Phi) is 4.97. The Labute approximate surface area is 111 Å². The van der Waals surface area contributed by atoms with Crippen LogP contribution in [-0.4, -0.2) is 36.0 Å². The van der Waals surface area contributed by atoms with Crippen LogP contribution in [0.3, 0.4) is 0 Å². The summed E-state index contributed by atoms with van der Waals surface area (Å²) in [5.41, 5.74) is 5.86. The van der Waals surface area contributed by atoms with Crippen molar-refractivity contribution in [1.82, 2.24) is 4.90 Å². The first-order valence-corrected chi connectivity index (χ1v) is 7.35. The highest BCUT2D eigenvalue weighted by molar-refractivity contribution is 7.99. The average Bonchev–Trinajstić information content (AvgIpc) is 2.63. The molecule has 1 aliphatic heterocycles. The molecule has 1 atom stereocenters. The summed E-state index contributed by atoms with van der Waals surface area (Å²) >= 11 is 1.88. The predicted octanol–water partition coefficient (Wildman–Crippen LogP) is 2.40. The fourth-order valence-electron chi connectivity index (χ4n) is 2.36. The molecule has 0 aliphatic carbocycles. The van der Waals surface area contributed by atoms with E-state index in [2.05, 4.69) is 4.90 Å². The van der Waals surface area contributed by atoms with Crippen molar-refractivity contribution in [1.29, 1.82) is 0 Å². The molecule has 100 valence electrons. The van der Waals surface area contributed by atoms with Crippen LogP contribution < -0.4 is 5.73 Å². The Morgan fingerprint density at radius 2 is 1.94 bits per heavy atom. The van der Waals surface area contributed by atoms with E-state index in [1.807, 2.05) is 11.8 Å². The first kappa shape index (κ1) is 13.8. The van der Waals surface area contributed by atoms with Crippen molar-refractivity contribution in [2.45, 2.75) is 12.5 Å². The van der Waals surface area contributed by atoms with Crippen molar-refractivity contribution in [3.8, 4) is 0 Å². The van der Waals surface area contributed by atoms with Gasteiger partial charge in [0.05, 0.1) is 6.04 Å². The molecule has 0 bridgehead atoms. The largest absolute Gasteiger partial charge is 0.329 e. The van der Waals surface area contributed by atoms with Gasteiger partial charge in [-0.2, -0.15) is 11.8 Å². The zero-order valence-electron chi connectivity index (χ0n) is 10.2. The third kappa shape index (κ3) is 3.02. The summed E-state index contributed by atoms with van der Waals surface area (Å²) in [5, 5.41) is 0. The van der Waals surface area contributed by atoms with Crippen molar-refractivity contribution in [3.05, 3.63) is 35.4 Å². The summed E-state index contributed by atoms with van der Waals surface area (Å²) in [6.45, 7) is 1.92. The number of benzene rings is 1. The monoisotopic (exact) mass is 272 g/mol. The van der Waals surface area contributed by atoms with E-state index < -0.39 is 11.6 Å². The quantitative estimate of drug-likeness (QED) is 0.916. The second-order valence-corrected chi connectivity index (χ2v) is 5.61.